The molecule has 0 aliphatic rings. The molecule has 3 aromatic rings. The van der Waals surface area contributed by atoms with Crippen LogP contribution in [-0.2, 0) is 0 Å². The van der Waals surface area contributed by atoms with Crippen LogP contribution in [-0.4, -0.2) is 15.1 Å². The van der Waals surface area contributed by atoms with E-state index in [2.05, 4.69) is 16.0 Å². The Balaban J connectivity index is 2.22. The van der Waals surface area contributed by atoms with Gasteiger partial charge in [0, 0.05) is 5.56 Å². The van der Waals surface area contributed by atoms with E-state index in [1.165, 1.54) is 0 Å². The number of phenols is 1. The Morgan fingerprint density at radius 1 is 1.25 bits per heavy atom. The molecule has 3 nitrogen and oxygen atoms in total. The van der Waals surface area contributed by atoms with Crippen molar-refractivity contribution in [2.24, 2.45) is 0 Å². The van der Waals surface area contributed by atoms with Gasteiger partial charge in [0.05, 0.1) is 17.4 Å². The Labute approximate surface area is 92.4 Å². The van der Waals surface area contributed by atoms with E-state index in [9.17, 15) is 5.11 Å². The van der Waals surface area contributed by atoms with E-state index in [0.717, 1.165) is 22.2 Å². The molecule has 1 radical (unpaired) electrons. The van der Waals surface area contributed by atoms with Gasteiger partial charge >= 0.3 is 0 Å². The van der Waals surface area contributed by atoms with Crippen molar-refractivity contribution < 1.29 is 5.11 Å². The molecule has 0 aliphatic carbocycles. The van der Waals surface area contributed by atoms with Gasteiger partial charge in [0.1, 0.15) is 5.75 Å². The van der Waals surface area contributed by atoms with Crippen LogP contribution >= 0.6 is 0 Å². The van der Waals surface area contributed by atoms with Crippen molar-refractivity contribution in [3.63, 3.8) is 0 Å². The molecule has 0 aliphatic heterocycles. The summed E-state index contributed by atoms with van der Waals surface area (Å²) in [6.07, 6.45) is 1.66. The summed E-state index contributed by atoms with van der Waals surface area (Å²) in [4.78, 5) is 7.22. The molecule has 0 saturated heterocycles. The number of fused-ring (bicyclic) bond motifs is 1. The molecule has 1 aromatic heterocycles. The zero-order valence-electron chi connectivity index (χ0n) is 8.44. The molecule has 0 atom stereocenters. The van der Waals surface area contributed by atoms with E-state index < -0.39 is 0 Å². The molecule has 0 amide bonds. The van der Waals surface area contributed by atoms with Crippen molar-refractivity contribution in [1.29, 1.82) is 0 Å². The number of rotatable bonds is 1. The fourth-order valence-corrected chi connectivity index (χ4v) is 1.77. The van der Waals surface area contributed by atoms with Crippen molar-refractivity contribution in [2.45, 2.75) is 0 Å². The molecule has 77 valence electrons. The lowest BCUT2D eigenvalue weighted by Crippen LogP contribution is -1.79. The predicted octanol–water partition coefficient (Wildman–Crippen LogP) is 2.74. The first kappa shape index (κ1) is 8.97. The Kier molecular flexibility index (Phi) is 1.90. The van der Waals surface area contributed by atoms with Crippen LogP contribution in [0.15, 0.2) is 42.7 Å². The van der Waals surface area contributed by atoms with E-state index in [4.69, 9.17) is 0 Å². The maximum atomic E-state index is 9.73. The first-order chi connectivity index (χ1) is 7.84. The number of nitrogens with zero attached hydrogens (tertiary/aromatic N) is 1. The maximum absolute atomic E-state index is 9.73. The number of aromatic hydroxyl groups is 1. The summed E-state index contributed by atoms with van der Waals surface area (Å²) in [7, 11) is 0. The minimum absolute atomic E-state index is 0.234. The van der Waals surface area contributed by atoms with Crippen LogP contribution in [0.1, 0.15) is 0 Å². The summed E-state index contributed by atoms with van der Waals surface area (Å²) < 4.78 is 0. The van der Waals surface area contributed by atoms with Crippen LogP contribution < -0.4 is 0 Å². The summed E-state index contributed by atoms with van der Waals surface area (Å²) in [6, 6.07) is 13.9. The normalized spacial score (nSPS) is 10.8. The molecule has 2 N–H and O–H groups in total. The molecule has 2 aromatic carbocycles. The second kappa shape index (κ2) is 3.38. The number of nitrogens with one attached hydrogen (secondary N) is 1. The van der Waals surface area contributed by atoms with Gasteiger partial charge in [-0.05, 0) is 29.8 Å². The number of phenolic OH excluding ortho intramolecular Hbond substituents is 1. The Bertz CT molecular complexity index is 643. The standard InChI is InChI=1S/C13H9N2O/c16-13-4-2-1-3-10(13)9-5-6-11-12(7-9)15-8-14-11/h1,3-8,16H,(H,14,15). The van der Waals surface area contributed by atoms with Crippen LogP contribution in [0.3, 0.4) is 0 Å². The largest absolute Gasteiger partial charge is 0.507 e. The average molecular weight is 209 g/mol. The lowest BCUT2D eigenvalue weighted by atomic mass is 10.0. The van der Waals surface area contributed by atoms with Crippen LogP contribution in [0, 0.1) is 6.07 Å². The van der Waals surface area contributed by atoms with E-state index >= 15 is 0 Å². The third-order valence-corrected chi connectivity index (χ3v) is 2.57. The van der Waals surface area contributed by atoms with Crippen LogP contribution in [0.5, 0.6) is 5.75 Å². The highest BCUT2D eigenvalue weighted by Crippen LogP contribution is 2.29. The Hall–Kier alpha value is -2.29. The SMILES string of the molecule is Oc1c[c]ccc1-c1ccc2[nH]cnc2c1. The van der Waals surface area contributed by atoms with Gasteiger partial charge in [-0.15, -0.1) is 0 Å². The molecule has 3 rings (SSSR count). The highest BCUT2D eigenvalue weighted by Gasteiger charge is 2.04. The number of aromatic amines is 1. The van der Waals surface area contributed by atoms with Crippen LogP contribution in [0.25, 0.3) is 22.2 Å². The number of hydrogen-bond acceptors (Lipinski definition) is 2. The minimum atomic E-state index is 0.234. The number of hydrogen-bond donors (Lipinski definition) is 2. The highest BCUT2D eigenvalue weighted by atomic mass is 16.3. The van der Waals surface area contributed by atoms with Gasteiger partial charge < -0.3 is 10.1 Å². The Morgan fingerprint density at radius 2 is 2.19 bits per heavy atom. The molecule has 0 saturated carbocycles. The van der Waals surface area contributed by atoms with Crippen LogP contribution in [0.2, 0.25) is 0 Å². The molecular weight excluding hydrogens is 200 g/mol. The number of benzene rings is 2. The summed E-state index contributed by atoms with van der Waals surface area (Å²) in [6.45, 7) is 0. The smallest absolute Gasteiger partial charge is 0.124 e. The van der Waals surface area contributed by atoms with Crippen molar-refractivity contribution in [3.05, 3.63) is 48.8 Å². The van der Waals surface area contributed by atoms with Crippen molar-refractivity contribution in [2.75, 3.05) is 0 Å². The summed E-state index contributed by atoms with van der Waals surface area (Å²) in [5.41, 5.74) is 3.63. The fourth-order valence-electron chi connectivity index (χ4n) is 1.77. The quantitative estimate of drug-likeness (QED) is 0.647. The minimum Gasteiger partial charge on any atom is -0.507 e. The second-order valence-corrected chi connectivity index (χ2v) is 3.58. The van der Waals surface area contributed by atoms with Gasteiger partial charge in [-0.3, -0.25) is 0 Å². The highest BCUT2D eigenvalue weighted by molar-refractivity contribution is 5.83. The summed E-state index contributed by atoms with van der Waals surface area (Å²) in [5, 5.41) is 9.73. The van der Waals surface area contributed by atoms with Gasteiger partial charge in [0.15, 0.2) is 0 Å². The maximum Gasteiger partial charge on any atom is 0.124 e. The zero-order chi connectivity index (χ0) is 11.0. The van der Waals surface area contributed by atoms with Gasteiger partial charge in [-0.25, -0.2) is 4.98 Å². The first-order valence-corrected chi connectivity index (χ1v) is 4.97. The number of H-pyrrole nitrogens is 1. The van der Waals surface area contributed by atoms with Crippen molar-refractivity contribution in [3.8, 4) is 16.9 Å². The van der Waals surface area contributed by atoms with Gasteiger partial charge in [0.2, 0.25) is 0 Å². The monoisotopic (exact) mass is 209 g/mol. The summed E-state index contributed by atoms with van der Waals surface area (Å²) >= 11 is 0. The molecule has 0 fully saturated rings. The molecule has 16 heavy (non-hydrogen) atoms. The van der Waals surface area contributed by atoms with E-state index in [1.54, 1.807) is 18.5 Å². The first-order valence-electron chi connectivity index (χ1n) is 4.97. The lowest BCUT2D eigenvalue weighted by Gasteiger charge is -2.03. The van der Waals surface area contributed by atoms with Crippen molar-refractivity contribution >= 4 is 11.0 Å². The molecule has 0 unspecified atom stereocenters. The molecule has 0 spiro atoms. The zero-order valence-corrected chi connectivity index (χ0v) is 8.44. The Morgan fingerprint density at radius 3 is 3.06 bits per heavy atom. The summed E-state index contributed by atoms with van der Waals surface area (Å²) in [5.74, 6) is 0.234. The van der Waals surface area contributed by atoms with E-state index in [1.807, 2.05) is 24.3 Å². The van der Waals surface area contributed by atoms with Crippen LogP contribution in [0.4, 0.5) is 0 Å². The fraction of sp³-hybridized carbons (Fsp3) is 0. The average Bonchev–Trinajstić information content (AvgIpc) is 2.76. The predicted molar refractivity (Wildman–Crippen MR) is 62.0 cm³/mol. The third kappa shape index (κ3) is 1.34. The molecular formula is C13H9N2O. The lowest BCUT2D eigenvalue weighted by molar-refractivity contribution is 0.477. The second-order valence-electron chi connectivity index (χ2n) is 3.58. The molecule has 3 heteroatoms. The van der Waals surface area contributed by atoms with E-state index in [0.29, 0.717) is 0 Å². The van der Waals surface area contributed by atoms with Crippen molar-refractivity contribution in [1.82, 2.24) is 9.97 Å². The third-order valence-electron chi connectivity index (χ3n) is 2.57. The molecule has 0 bridgehead atoms. The van der Waals surface area contributed by atoms with Gasteiger partial charge in [0.25, 0.3) is 0 Å². The number of imidazole rings is 1. The molecule has 1 heterocycles. The van der Waals surface area contributed by atoms with Gasteiger partial charge in [-0.1, -0.05) is 18.2 Å². The van der Waals surface area contributed by atoms with E-state index in [-0.39, 0.29) is 5.75 Å². The number of aromatic nitrogens is 2. The van der Waals surface area contributed by atoms with Gasteiger partial charge in [-0.2, -0.15) is 0 Å². The topological polar surface area (TPSA) is 48.9 Å².